The van der Waals surface area contributed by atoms with Gasteiger partial charge in [0.25, 0.3) is 5.91 Å². The number of fused-ring (bicyclic) bond motifs is 1. The van der Waals surface area contributed by atoms with E-state index in [1.807, 2.05) is 30.3 Å². The minimum atomic E-state index is -0.675. The standard InChI is InChI=1S/C26H20N2O6/c1-33-19-10-6-17(7-11-19)26(32)34-24-13-8-16-4-2-3-5-20(16)22(24)15-27-28-25(31)21-12-9-18(29)14-23(21)30/h2-15,29-30H,1H3,(H,28,31). The fourth-order valence-electron chi connectivity index (χ4n) is 3.31. The highest BCUT2D eigenvalue weighted by molar-refractivity contribution is 6.04. The van der Waals surface area contributed by atoms with Crippen LogP contribution < -0.4 is 14.9 Å². The van der Waals surface area contributed by atoms with Crippen molar-refractivity contribution in [2.24, 2.45) is 5.10 Å². The zero-order valence-corrected chi connectivity index (χ0v) is 18.1. The Labute approximate surface area is 194 Å². The third-order valence-corrected chi connectivity index (χ3v) is 5.04. The zero-order valence-electron chi connectivity index (χ0n) is 18.1. The zero-order chi connectivity index (χ0) is 24.1. The maximum absolute atomic E-state index is 12.7. The second kappa shape index (κ2) is 9.74. The minimum Gasteiger partial charge on any atom is -0.508 e. The quantitative estimate of drug-likeness (QED) is 0.173. The fourth-order valence-corrected chi connectivity index (χ4v) is 3.31. The van der Waals surface area contributed by atoms with Gasteiger partial charge in [-0.3, -0.25) is 4.79 Å². The van der Waals surface area contributed by atoms with Crippen LogP contribution in [0.4, 0.5) is 0 Å². The van der Waals surface area contributed by atoms with Crippen molar-refractivity contribution in [3.63, 3.8) is 0 Å². The molecule has 0 aliphatic heterocycles. The summed E-state index contributed by atoms with van der Waals surface area (Å²) in [5.74, 6) is -0.921. The van der Waals surface area contributed by atoms with E-state index in [0.29, 0.717) is 16.9 Å². The van der Waals surface area contributed by atoms with Crippen LogP contribution in [-0.2, 0) is 0 Å². The van der Waals surface area contributed by atoms with Gasteiger partial charge < -0.3 is 19.7 Å². The molecule has 0 heterocycles. The number of carbonyl (C=O) groups is 2. The molecular formula is C26H20N2O6. The number of nitrogens with one attached hydrogen (secondary N) is 1. The van der Waals surface area contributed by atoms with Gasteiger partial charge in [0.15, 0.2) is 0 Å². The second-order valence-electron chi connectivity index (χ2n) is 7.22. The summed E-state index contributed by atoms with van der Waals surface area (Å²) in [6.45, 7) is 0. The molecule has 0 aliphatic carbocycles. The number of nitrogens with zero attached hydrogens (tertiary/aromatic N) is 1. The van der Waals surface area contributed by atoms with E-state index in [9.17, 15) is 19.8 Å². The van der Waals surface area contributed by atoms with Gasteiger partial charge in [0, 0.05) is 11.6 Å². The van der Waals surface area contributed by atoms with Crippen LogP contribution >= 0.6 is 0 Å². The molecule has 4 aromatic carbocycles. The van der Waals surface area contributed by atoms with Gasteiger partial charge in [-0.2, -0.15) is 5.10 Å². The first kappa shape index (κ1) is 22.3. The van der Waals surface area contributed by atoms with Crippen LogP contribution in [0.1, 0.15) is 26.3 Å². The second-order valence-corrected chi connectivity index (χ2v) is 7.22. The monoisotopic (exact) mass is 456 g/mol. The highest BCUT2D eigenvalue weighted by Gasteiger charge is 2.15. The van der Waals surface area contributed by atoms with Crippen LogP contribution in [0.15, 0.2) is 84.0 Å². The van der Waals surface area contributed by atoms with Crippen LogP contribution in [0, 0.1) is 0 Å². The maximum atomic E-state index is 12.7. The molecule has 8 nitrogen and oxygen atoms in total. The normalized spacial score (nSPS) is 10.9. The molecule has 0 fully saturated rings. The molecule has 0 spiro atoms. The number of hydrogen-bond donors (Lipinski definition) is 3. The topological polar surface area (TPSA) is 117 Å². The molecule has 0 aromatic heterocycles. The van der Waals surface area contributed by atoms with Crippen LogP contribution in [0.25, 0.3) is 10.8 Å². The van der Waals surface area contributed by atoms with Gasteiger partial charge >= 0.3 is 5.97 Å². The highest BCUT2D eigenvalue weighted by atomic mass is 16.5. The summed E-state index contributed by atoms with van der Waals surface area (Å²) in [5.41, 5.74) is 3.10. The first-order valence-corrected chi connectivity index (χ1v) is 10.2. The molecule has 170 valence electrons. The fraction of sp³-hybridized carbons (Fsp3) is 0.0385. The number of carbonyl (C=O) groups excluding carboxylic acids is 2. The molecule has 1 amide bonds. The average molecular weight is 456 g/mol. The summed E-state index contributed by atoms with van der Waals surface area (Å²) in [7, 11) is 1.54. The molecule has 0 unspecified atom stereocenters. The smallest absolute Gasteiger partial charge is 0.343 e. The minimum absolute atomic E-state index is 0.0565. The Hall–Kier alpha value is -4.85. The van der Waals surface area contributed by atoms with E-state index in [0.717, 1.165) is 16.8 Å². The lowest BCUT2D eigenvalue weighted by atomic mass is 10.0. The number of aromatic hydroxyl groups is 2. The van der Waals surface area contributed by atoms with Crippen molar-refractivity contribution in [3.8, 4) is 23.0 Å². The lowest BCUT2D eigenvalue weighted by Gasteiger charge is -2.11. The van der Waals surface area contributed by atoms with E-state index >= 15 is 0 Å². The maximum Gasteiger partial charge on any atom is 0.343 e. The van der Waals surface area contributed by atoms with E-state index in [-0.39, 0.29) is 22.8 Å². The molecular weight excluding hydrogens is 436 g/mol. The van der Waals surface area contributed by atoms with Crippen molar-refractivity contribution >= 4 is 28.9 Å². The van der Waals surface area contributed by atoms with Gasteiger partial charge in [-0.15, -0.1) is 0 Å². The summed E-state index contributed by atoms with van der Waals surface area (Å²) in [5, 5.41) is 24.9. The largest absolute Gasteiger partial charge is 0.508 e. The number of phenols is 2. The number of esters is 1. The molecule has 4 aromatic rings. The number of ether oxygens (including phenoxy) is 2. The van der Waals surface area contributed by atoms with Gasteiger partial charge in [0.1, 0.15) is 23.0 Å². The van der Waals surface area contributed by atoms with Crippen LogP contribution in [-0.4, -0.2) is 35.4 Å². The Balaban J connectivity index is 1.61. The Morgan fingerprint density at radius 1 is 0.941 bits per heavy atom. The van der Waals surface area contributed by atoms with E-state index in [4.69, 9.17) is 9.47 Å². The number of methoxy groups -OCH3 is 1. The molecule has 0 saturated heterocycles. The van der Waals surface area contributed by atoms with Crippen molar-refractivity contribution in [1.29, 1.82) is 0 Å². The molecule has 0 bridgehead atoms. The van der Waals surface area contributed by atoms with E-state index in [1.54, 1.807) is 30.3 Å². The number of rotatable bonds is 6. The first-order valence-electron chi connectivity index (χ1n) is 10.2. The third-order valence-electron chi connectivity index (χ3n) is 5.04. The van der Waals surface area contributed by atoms with Crippen LogP contribution in [0.2, 0.25) is 0 Å². The number of hydrogen-bond acceptors (Lipinski definition) is 7. The van der Waals surface area contributed by atoms with Gasteiger partial charge in [-0.1, -0.05) is 30.3 Å². The number of hydrazone groups is 1. The van der Waals surface area contributed by atoms with Gasteiger partial charge in [-0.25, -0.2) is 10.2 Å². The van der Waals surface area contributed by atoms with Crippen molar-refractivity contribution in [2.75, 3.05) is 7.11 Å². The van der Waals surface area contributed by atoms with Crippen LogP contribution in [0.3, 0.4) is 0 Å². The lowest BCUT2D eigenvalue weighted by Crippen LogP contribution is -2.18. The summed E-state index contributed by atoms with van der Waals surface area (Å²) >= 11 is 0. The van der Waals surface area contributed by atoms with Gasteiger partial charge in [0.2, 0.25) is 0 Å². The average Bonchev–Trinajstić information content (AvgIpc) is 2.85. The van der Waals surface area contributed by atoms with Crippen molar-refractivity contribution < 1.29 is 29.3 Å². The van der Waals surface area contributed by atoms with Crippen molar-refractivity contribution in [2.45, 2.75) is 0 Å². The van der Waals surface area contributed by atoms with Crippen molar-refractivity contribution in [1.82, 2.24) is 5.43 Å². The highest BCUT2D eigenvalue weighted by Crippen LogP contribution is 2.28. The Morgan fingerprint density at radius 3 is 2.44 bits per heavy atom. The summed E-state index contributed by atoms with van der Waals surface area (Å²) < 4.78 is 10.7. The summed E-state index contributed by atoms with van der Waals surface area (Å²) in [4.78, 5) is 25.1. The number of amides is 1. The first-order chi connectivity index (χ1) is 16.5. The SMILES string of the molecule is COc1ccc(C(=O)Oc2ccc3ccccc3c2C=NNC(=O)c2ccc(O)cc2O)cc1. The number of benzene rings is 4. The predicted octanol–water partition coefficient (Wildman–Crippen LogP) is 4.24. The van der Waals surface area contributed by atoms with Gasteiger partial charge in [0.05, 0.1) is 24.5 Å². The summed E-state index contributed by atoms with van der Waals surface area (Å²) in [6.07, 6.45) is 1.37. The van der Waals surface area contributed by atoms with Gasteiger partial charge in [-0.05, 0) is 53.2 Å². The molecule has 0 aliphatic rings. The molecule has 0 saturated carbocycles. The molecule has 4 rings (SSSR count). The molecule has 0 atom stereocenters. The van der Waals surface area contributed by atoms with E-state index in [1.165, 1.54) is 25.5 Å². The summed E-state index contributed by atoms with van der Waals surface area (Å²) in [6, 6.07) is 21.0. The van der Waals surface area contributed by atoms with E-state index < -0.39 is 11.9 Å². The van der Waals surface area contributed by atoms with Crippen molar-refractivity contribution in [3.05, 3.63) is 95.6 Å². The molecule has 0 radical (unpaired) electrons. The van der Waals surface area contributed by atoms with Crippen LogP contribution in [0.5, 0.6) is 23.0 Å². The molecule has 8 heteroatoms. The third kappa shape index (κ3) is 4.81. The Morgan fingerprint density at radius 2 is 1.71 bits per heavy atom. The van der Waals surface area contributed by atoms with E-state index in [2.05, 4.69) is 10.5 Å². The number of phenolic OH excluding ortho intramolecular Hbond substituents is 2. The molecule has 3 N–H and O–H groups in total. The Kier molecular flexibility index (Phi) is 6.40. The molecule has 34 heavy (non-hydrogen) atoms. The predicted molar refractivity (Wildman–Crippen MR) is 127 cm³/mol. The lowest BCUT2D eigenvalue weighted by molar-refractivity contribution is 0.0734. The Bertz CT molecular complexity index is 1400.